The summed E-state index contributed by atoms with van der Waals surface area (Å²) in [5, 5.41) is 5.51. The highest BCUT2D eigenvalue weighted by Crippen LogP contribution is 2.60. The van der Waals surface area contributed by atoms with Crippen LogP contribution in [-0.4, -0.2) is 0 Å². The Hall–Kier alpha value is -4.16. The highest BCUT2D eigenvalue weighted by atomic mass is 14.5. The molecular weight excluding hydrogens is 456 g/mol. The van der Waals surface area contributed by atoms with Crippen molar-refractivity contribution in [2.24, 2.45) is 0 Å². The maximum atomic E-state index is 2.56. The van der Waals surface area contributed by atoms with Crippen LogP contribution in [0.25, 0.3) is 66.1 Å². The predicted molar refractivity (Wildman–Crippen MR) is 161 cm³/mol. The Morgan fingerprint density at radius 2 is 0.947 bits per heavy atom. The number of hydrogen-bond acceptors (Lipinski definition) is 0. The standard InChI is InChI=1S/C38H28/c1-37(2)30-17-16-21-10-5-6-11-22(21)35(30)28-19-32-29(20-31(28)37)36-26-15-9-14-25-23-12-7-8-13-24(23)27(34(25)26)18-33(36)38(32,3)4/h5-20H,1-4H3. The lowest BCUT2D eigenvalue weighted by Gasteiger charge is -2.24. The van der Waals surface area contributed by atoms with Crippen LogP contribution in [0.15, 0.2) is 97.1 Å². The molecule has 0 atom stereocenters. The van der Waals surface area contributed by atoms with Gasteiger partial charge in [0.2, 0.25) is 0 Å². The van der Waals surface area contributed by atoms with E-state index in [1.165, 1.54) is 88.3 Å². The number of rotatable bonds is 0. The molecule has 0 spiro atoms. The molecule has 3 aliphatic rings. The van der Waals surface area contributed by atoms with Gasteiger partial charge in [-0.1, -0.05) is 107 Å². The first kappa shape index (κ1) is 20.8. The summed E-state index contributed by atoms with van der Waals surface area (Å²) in [7, 11) is 0. The molecule has 0 aromatic heterocycles. The van der Waals surface area contributed by atoms with Crippen LogP contribution in [0, 0.1) is 0 Å². The van der Waals surface area contributed by atoms with Crippen LogP contribution in [-0.2, 0) is 10.8 Å². The van der Waals surface area contributed by atoms with Gasteiger partial charge in [-0.15, -0.1) is 0 Å². The van der Waals surface area contributed by atoms with Crippen LogP contribution < -0.4 is 0 Å². The van der Waals surface area contributed by atoms with E-state index >= 15 is 0 Å². The Bertz CT molecular complexity index is 2070. The number of hydrogen-bond donors (Lipinski definition) is 0. The summed E-state index contributed by atoms with van der Waals surface area (Å²) in [4.78, 5) is 0. The van der Waals surface area contributed by atoms with Crippen LogP contribution in [0.2, 0.25) is 0 Å². The highest BCUT2D eigenvalue weighted by Gasteiger charge is 2.43. The molecule has 180 valence electrons. The summed E-state index contributed by atoms with van der Waals surface area (Å²) in [6.45, 7) is 9.67. The zero-order valence-electron chi connectivity index (χ0n) is 22.2. The monoisotopic (exact) mass is 484 g/mol. The van der Waals surface area contributed by atoms with Gasteiger partial charge in [-0.3, -0.25) is 0 Å². The van der Waals surface area contributed by atoms with Gasteiger partial charge in [0.25, 0.3) is 0 Å². The topological polar surface area (TPSA) is 0 Å². The summed E-state index contributed by atoms with van der Waals surface area (Å²) >= 11 is 0. The Morgan fingerprint density at radius 3 is 1.71 bits per heavy atom. The van der Waals surface area contributed by atoms with Gasteiger partial charge < -0.3 is 0 Å². The zero-order valence-corrected chi connectivity index (χ0v) is 22.2. The highest BCUT2D eigenvalue weighted by molar-refractivity contribution is 6.20. The Morgan fingerprint density at radius 1 is 0.395 bits per heavy atom. The van der Waals surface area contributed by atoms with E-state index in [0.717, 1.165) is 0 Å². The summed E-state index contributed by atoms with van der Waals surface area (Å²) < 4.78 is 0. The SMILES string of the molecule is CC1(C)c2cc3c(cc2-c2c1ccc1ccccc21)C(C)(C)c1cc2c4c(cccc4c1-3)-c1ccccc1-2. The van der Waals surface area contributed by atoms with Crippen molar-refractivity contribution >= 4 is 21.5 Å². The molecule has 0 amide bonds. The molecule has 0 saturated heterocycles. The second kappa shape index (κ2) is 6.45. The van der Waals surface area contributed by atoms with E-state index in [1.54, 1.807) is 0 Å². The minimum atomic E-state index is -0.0740. The van der Waals surface area contributed by atoms with Crippen molar-refractivity contribution < 1.29 is 0 Å². The van der Waals surface area contributed by atoms with E-state index in [4.69, 9.17) is 0 Å². The minimum absolute atomic E-state index is 0.0400. The van der Waals surface area contributed by atoms with Crippen molar-refractivity contribution in [3.63, 3.8) is 0 Å². The fraction of sp³-hybridized carbons (Fsp3) is 0.158. The molecule has 9 rings (SSSR count). The van der Waals surface area contributed by atoms with Crippen LogP contribution in [0.3, 0.4) is 0 Å². The lowest BCUT2D eigenvalue weighted by molar-refractivity contribution is 0.652. The molecule has 0 heterocycles. The van der Waals surface area contributed by atoms with Crippen molar-refractivity contribution in [2.75, 3.05) is 0 Å². The Balaban J connectivity index is 1.40. The van der Waals surface area contributed by atoms with E-state index < -0.39 is 0 Å². The summed E-state index contributed by atoms with van der Waals surface area (Å²) in [6, 6.07) is 37.0. The van der Waals surface area contributed by atoms with Gasteiger partial charge in [0.1, 0.15) is 0 Å². The fourth-order valence-electron chi connectivity index (χ4n) is 8.08. The van der Waals surface area contributed by atoms with Gasteiger partial charge in [-0.25, -0.2) is 0 Å². The lowest BCUT2D eigenvalue weighted by Crippen LogP contribution is -2.17. The summed E-state index contributed by atoms with van der Waals surface area (Å²) in [6.07, 6.45) is 0. The lowest BCUT2D eigenvalue weighted by atomic mass is 9.79. The molecule has 38 heavy (non-hydrogen) atoms. The zero-order chi connectivity index (χ0) is 25.6. The maximum absolute atomic E-state index is 2.56. The van der Waals surface area contributed by atoms with Gasteiger partial charge in [0, 0.05) is 10.8 Å². The molecular formula is C38H28. The van der Waals surface area contributed by atoms with Crippen molar-refractivity contribution in [2.45, 2.75) is 38.5 Å². The first-order chi connectivity index (χ1) is 18.4. The molecule has 3 aliphatic carbocycles. The van der Waals surface area contributed by atoms with Crippen LogP contribution in [0.4, 0.5) is 0 Å². The Labute approximate surface area is 223 Å². The molecule has 6 aromatic rings. The Kier molecular flexibility index (Phi) is 3.54. The molecule has 0 radical (unpaired) electrons. The largest absolute Gasteiger partial charge is 0.0616 e. The second-order valence-corrected chi connectivity index (χ2v) is 12.5. The average molecular weight is 485 g/mol. The third-order valence-corrected chi connectivity index (χ3v) is 9.99. The summed E-state index contributed by atoms with van der Waals surface area (Å²) in [5.74, 6) is 0. The van der Waals surface area contributed by atoms with Gasteiger partial charge >= 0.3 is 0 Å². The van der Waals surface area contributed by atoms with Crippen LogP contribution >= 0.6 is 0 Å². The molecule has 0 aliphatic heterocycles. The van der Waals surface area contributed by atoms with Crippen molar-refractivity contribution in [3.05, 3.63) is 119 Å². The second-order valence-electron chi connectivity index (χ2n) is 12.5. The van der Waals surface area contributed by atoms with E-state index in [0.29, 0.717) is 0 Å². The fourth-order valence-corrected chi connectivity index (χ4v) is 8.08. The van der Waals surface area contributed by atoms with Crippen molar-refractivity contribution in [1.82, 2.24) is 0 Å². The third-order valence-electron chi connectivity index (χ3n) is 9.99. The van der Waals surface area contributed by atoms with Crippen molar-refractivity contribution in [1.29, 1.82) is 0 Å². The predicted octanol–water partition coefficient (Wildman–Crippen LogP) is 10.3. The molecule has 0 fully saturated rings. The first-order valence-corrected chi connectivity index (χ1v) is 13.8. The average Bonchev–Trinajstić information content (AvgIpc) is 3.46. The third kappa shape index (κ3) is 2.22. The van der Waals surface area contributed by atoms with Gasteiger partial charge in [0.05, 0.1) is 0 Å². The normalized spacial score (nSPS) is 16.3. The molecule has 0 unspecified atom stereocenters. The molecule has 0 saturated carbocycles. The van der Waals surface area contributed by atoms with E-state index in [2.05, 4.69) is 125 Å². The molecule has 0 N–H and O–H groups in total. The van der Waals surface area contributed by atoms with Gasteiger partial charge in [-0.2, -0.15) is 0 Å². The first-order valence-electron chi connectivity index (χ1n) is 13.8. The summed E-state index contributed by atoms with van der Waals surface area (Å²) in [5.41, 5.74) is 16.9. The molecule has 0 heteroatoms. The molecule has 0 nitrogen and oxygen atoms in total. The number of fused-ring (bicyclic) bond motifs is 12. The smallest absolute Gasteiger partial charge is 0.0159 e. The molecule has 0 bridgehead atoms. The van der Waals surface area contributed by atoms with E-state index in [1.807, 2.05) is 0 Å². The minimum Gasteiger partial charge on any atom is -0.0616 e. The van der Waals surface area contributed by atoms with Crippen molar-refractivity contribution in [3.8, 4) is 44.5 Å². The maximum Gasteiger partial charge on any atom is 0.0159 e. The van der Waals surface area contributed by atoms with Crippen LogP contribution in [0.5, 0.6) is 0 Å². The number of benzene rings is 6. The van der Waals surface area contributed by atoms with E-state index in [9.17, 15) is 0 Å². The molecule has 6 aromatic carbocycles. The quantitative estimate of drug-likeness (QED) is 0.201. The van der Waals surface area contributed by atoms with E-state index in [-0.39, 0.29) is 10.8 Å². The van der Waals surface area contributed by atoms with Crippen LogP contribution in [0.1, 0.15) is 49.9 Å². The van der Waals surface area contributed by atoms with Gasteiger partial charge in [0.15, 0.2) is 0 Å². The van der Waals surface area contributed by atoms with Gasteiger partial charge in [-0.05, 0) is 107 Å².